The highest BCUT2D eigenvalue weighted by Crippen LogP contribution is 2.37. The predicted octanol–water partition coefficient (Wildman–Crippen LogP) is 5.15. The summed E-state index contributed by atoms with van der Waals surface area (Å²) in [5.74, 6) is -0.134. The van der Waals surface area contributed by atoms with Crippen LogP contribution in [0.15, 0.2) is 24.3 Å². The molecular formula is C22H28ClN3O2. The van der Waals surface area contributed by atoms with Crippen molar-refractivity contribution in [2.75, 3.05) is 25.1 Å². The number of esters is 1. The average molecular weight is 402 g/mol. The van der Waals surface area contributed by atoms with Crippen LogP contribution in [-0.4, -0.2) is 36.1 Å². The van der Waals surface area contributed by atoms with E-state index in [0.717, 1.165) is 43.6 Å². The van der Waals surface area contributed by atoms with Crippen LogP contribution in [0.4, 0.5) is 5.95 Å². The van der Waals surface area contributed by atoms with Gasteiger partial charge in [0.15, 0.2) is 0 Å². The molecule has 1 fully saturated rings. The fraction of sp³-hybridized carbons (Fsp3) is 0.500. The van der Waals surface area contributed by atoms with Crippen LogP contribution in [0.1, 0.15) is 56.1 Å². The average Bonchev–Trinajstić information content (AvgIpc) is 2.72. The van der Waals surface area contributed by atoms with Gasteiger partial charge in [0.2, 0.25) is 5.95 Å². The second-order valence-corrected chi connectivity index (χ2v) is 7.71. The van der Waals surface area contributed by atoms with Gasteiger partial charge < -0.3 is 9.64 Å². The van der Waals surface area contributed by atoms with E-state index in [1.807, 2.05) is 38.1 Å². The van der Waals surface area contributed by atoms with E-state index in [1.165, 1.54) is 19.1 Å². The first-order valence-electron chi connectivity index (χ1n) is 10.0. The Morgan fingerprint density at radius 1 is 1.18 bits per heavy atom. The number of ether oxygens (including phenoxy) is 1. The molecule has 0 aliphatic carbocycles. The van der Waals surface area contributed by atoms with Gasteiger partial charge in [-0.3, -0.25) is 4.79 Å². The molecule has 6 heteroatoms. The van der Waals surface area contributed by atoms with E-state index < -0.39 is 5.92 Å². The van der Waals surface area contributed by atoms with E-state index in [9.17, 15) is 4.79 Å². The number of piperidine rings is 1. The van der Waals surface area contributed by atoms with Crippen molar-refractivity contribution >= 4 is 23.5 Å². The first-order chi connectivity index (χ1) is 13.5. The molecular weight excluding hydrogens is 374 g/mol. The number of aryl methyl sites for hydroxylation is 1. The van der Waals surface area contributed by atoms with Gasteiger partial charge in [-0.1, -0.05) is 54.8 Å². The number of hydrogen-bond donors (Lipinski definition) is 0. The summed E-state index contributed by atoms with van der Waals surface area (Å²) in [6.45, 7) is 5.94. The fourth-order valence-corrected chi connectivity index (χ4v) is 4.01. The van der Waals surface area contributed by atoms with Gasteiger partial charge in [0.25, 0.3) is 0 Å². The number of benzene rings is 1. The maximum absolute atomic E-state index is 12.5. The molecule has 1 aliphatic rings. The third-order valence-electron chi connectivity index (χ3n) is 5.26. The summed E-state index contributed by atoms with van der Waals surface area (Å²) in [6.07, 6.45) is 4.95. The molecule has 150 valence electrons. The molecule has 3 rings (SSSR count). The number of carbonyl (C=O) groups excluding carboxylic acids is 1. The van der Waals surface area contributed by atoms with Crippen molar-refractivity contribution in [2.24, 2.45) is 0 Å². The van der Waals surface area contributed by atoms with E-state index in [0.29, 0.717) is 23.1 Å². The van der Waals surface area contributed by atoms with Gasteiger partial charge in [-0.15, -0.1) is 0 Å². The van der Waals surface area contributed by atoms with Gasteiger partial charge in [0.1, 0.15) is 5.15 Å². The molecule has 0 spiro atoms. The molecule has 0 saturated carbocycles. The van der Waals surface area contributed by atoms with Crippen molar-refractivity contribution in [3.8, 4) is 11.3 Å². The Morgan fingerprint density at radius 3 is 2.46 bits per heavy atom. The number of methoxy groups -OCH3 is 1. The molecule has 1 atom stereocenters. The first kappa shape index (κ1) is 20.6. The van der Waals surface area contributed by atoms with Crippen molar-refractivity contribution in [3.05, 3.63) is 40.5 Å². The Morgan fingerprint density at radius 2 is 1.86 bits per heavy atom. The molecule has 0 radical (unpaired) electrons. The second kappa shape index (κ2) is 9.37. The Kier molecular flexibility index (Phi) is 6.89. The van der Waals surface area contributed by atoms with Gasteiger partial charge in [0, 0.05) is 24.2 Å². The Labute approximate surface area is 172 Å². The smallest absolute Gasteiger partial charge is 0.313 e. The van der Waals surface area contributed by atoms with E-state index in [4.69, 9.17) is 21.3 Å². The number of halogens is 1. The number of carbonyl (C=O) groups is 1. The van der Waals surface area contributed by atoms with Crippen LogP contribution in [0.2, 0.25) is 5.15 Å². The summed E-state index contributed by atoms with van der Waals surface area (Å²) >= 11 is 6.68. The highest BCUT2D eigenvalue weighted by Gasteiger charge is 2.30. The van der Waals surface area contributed by atoms with Gasteiger partial charge in [-0.05, 0) is 32.6 Å². The maximum atomic E-state index is 12.5. The lowest BCUT2D eigenvalue weighted by Crippen LogP contribution is -2.31. The third kappa shape index (κ3) is 4.46. The van der Waals surface area contributed by atoms with Crippen LogP contribution in [0.25, 0.3) is 11.3 Å². The van der Waals surface area contributed by atoms with E-state index in [-0.39, 0.29) is 5.97 Å². The summed E-state index contributed by atoms with van der Waals surface area (Å²) in [4.78, 5) is 24.2. The fourth-order valence-electron chi connectivity index (χ4n) is 3.72. The lowest BCUT2D eigenvalue weighted by molar-refractivity contribution is -0.142. The number of rotatable bonds is 6. The third-order valence-corrected chi connectivity index (χ3v) is 5.55. The molecule has 0 N–H and O–H groups in total. The highest BCUT2D eigenvalue weighted by molar-refractivity contribution is 6.31. The van der Waals surface area contributed by atoms with Crippen LogP contribution >= 0.6 is 11.6 Å². The first-order valence-corrected chi connectivity index (χ1v) is 10.4. The number of nitrogens with zero attached hydrogens (tertiary/aromatic N) is 3. The quantitative estimate of drug-likeness (QED) is 0.494. The molecule has 1 saturated heterocycles. The van der Waals surface area contributed by atoms with Crippen LogP contribution in [0.3, 0.4) is 0 Å². The van der Waals surface area contributed by atoms with E-state index in [1.54, 1.807) is 0 Å². The summed E-state index contributed by atoms with van der Waals surface area (Å²) in [6, 6.07) is 8.14. The maximum Gasteiger partial charge on any atom is 0.313 e. The molecule has 0 bridgehead atoms. The summed E-state index contributed by atoms with van der Waals surface area (Å²) in [5.41, 5.74) is 3.50. The lowest BCUT2D eigenvalue weighted by Gasteiger charge is -2.28. The molecule has 1 aromatic heterocycles. The summed E-state index contributed by atoms with van der Waals surface area (Å²) in [5, 5.41) is 0.343. The zero-order chi connectivity index (χ0) is 20.1. The van der Waals surface area contributed by atoms with Crippen LogP contribution in [0, 0.1) is 6.92 Å². The van der Waals surface area contributed by atoms with E-state index >= 15 is 0 Å². The zero-order valence-corrected chi connectivity index (χ0v) is 17.6. The minimum atomic E-state index is -0.478. The van der Waals surface area contributed by atoms with Crippen LogP contribution < -0.4 is 4.90 Å². The largest absolute Gasteiger partial charge is 0.469 e. The molecule has 1 unspecified atom stereocenters. The van der Waals surface area contributed by atoms with Gasteiger partial charge in [-0.25, -0.2) is 9.97 Å². The van der Waals surface area contributed by atoms with Crippen molar-refractivity contribution in [1.29, 1.82) is 0 Å². The predicted molar refractivity (Wildman–Crippen MR) is 113 cm³/mol. The normalized spacial score (nSPS) is 15.4. The molecule has 1 aliphatic heterocycles. The minimum absolute atomic E-state index is 0.300. The summed E-state index contributed by atoms with van der Waals surface area (Å²) in [7, 11) is 1.41. The molecule has 2 heterocycles. The molecule has 1 aromatic carbocycles. The molecule has 5 nitrogen and oxygen atoms in total. The molecule has 28 heavy (non-hydrogen) atoms. The Balaban J connectivity index is 2.15. The number of hydrogen-bond acceptors (Lipinski definition) is 5. The van der Waals surface area contributed by atoms with E-state index in [2.05, 4.69) is 9.88 Å². The monoisotopic (exact) mass is 401 g/mol. The van der Waals surface area contributed by atoms with Crippen LogP contribution in [0.5, 0.6) is 0 Å². The minimum Gasteiger partial charge on any atom is -0.469 e. The Bertz CT molecular complexity index is 817. The standard InChI is InChI=1S/C22H28ClN3O2/c1-4-8-17(21(27)28-3)18-19(16-11-9-15(2)10-12-16)24-22(25-20(18)23)26-13-6-5-7-14-26/h9-12,17H,4-8,13-14H2,1-3H3. The van der Waals surface area contributed by atoms with Crippen molar-refractivity contribution in [3.63, 3.8) is 0 Å². The van der Waals surface area contributed by atoms with Gasteiger partial charge >= 0.3 is 5.97 Å². The topological polar surface area (TPSA) is 55.3 Å². The van der Waals surface area contributed by atoms with Crippen molar-refractivity contribution in [2.45, 2.75) is 51.9 Å². The molecule has 2 aromatic rings. The molecule has 0 amide bonds. The second-order valence-electron chi connectivity index (χ2n) is 7.35. The Hall–Kier alpha value is -2.14. The zero-order valence-electron chi connectivity index (χ0n) is 16.9. The van der Waals surface area contributed by atoms with Crippen molar-refractivity contribution < 1.29 is 9.53 Å². The number of anilines is 1. The number of aromatic nitrogens is 2. The highest BCUT2D eigenvalue weighted by atomic mass is 35.5. The van der Waals surface area contributed by atoms with Gasteiger partial charge in [-0.2, -0.15) is 0 Å². The van der Waals surface area contributed by atoms with Crippen molar-refractivity contribution in [1.82, 2.24) is 9.97 Å². The lowest BCUT2D eigenvalue weighted by atomic mass is 9.91. The van der Waals surface area contributed by atoms with Crippen LogP contribution in [-0.2, 0) is 9.53 Å². The van der Waals surface area contributed by atoms with Gasteiger partial charge in [0.05, 0.1) is 18.7 Å². The summed E-state index contributed by atoms with van der Waals surface area (Å²) < 4.78 is 5.07. The SMILES string of the molecule is CCCC(C(=O)OC)c1c(Cl)nc(N2CCCCC2)nc1-c1ccc(C)cc1.